The van der Waals surface area contributed by atoms with Crippen molar-refractivity contribution in [2.45, 2.75) is 39.3 Å². The quantitative estimate of drug-likeness (QED) is 0.822. The topological polar surface area (TPSA) is 79.0 Å². The molecule has 0 aromatic heterocycles. The van der Waals surface area contributed by atoms with Crippen LogP contribution in [0.5, 0.6) is 5.75 Å². The molecule has 158 valence electrons. The van der Waals surface area contributed by atoms with Crippen molar-refractivity contribution < 1.29 is 19.1 Å². The molecule has 2 aromatic rings. The maximum atomic E-state index is 13.1. The van der Waals surface area contributed by atoms with Gasteiger partial charge in [0, 0.05) is 25.1 Å². The van der Waals surface area contributed by atoms with Crippen molar-refractivity contribution >= 4 is 29.1 Å². The molecule has 2 aromatic carbocycles. The zero-order valence-electron chi connectivity index (χ0n) is 17.7. The summed E-state index contributed by atoms with van der Waals surface area (Å²) in [5.41, 5.74) is 1.70. The highest BCUT2D eigenvalue weighted by molar-refractivity contribution is 6.06. The molecule has 1 heterocycles. The third-order valence-corrected chi connectivity index (χ3v) is 4.82. The van der Waals surface area contributed by atoms with Gasteiger partial charge in [0.1, 0.15) is 12.3 Å². The minimum absolute atomic E-state index is 0.0479. The molecule has 7 heteroatoms. The highest BCUT2D eigenvalue weighted by Crippen LogP contribution is 2.31. The molecule has 0 saturated heterocycles. The van der Waals surface area contributed by atoms with E-state index in [2.05, 4.69) is 5.32 Å². The average Bonchev–Trinajstić information content (AvgIpc) is 2.81. The lowest BCUT2D eigenvalue weighted by Crippen LogP contribution is -2.45. The van der Waals surface area contributed by atoms with E-state index in [9.17, 15) is 14.4 Å². The number of likely N-dealkylation sites (N-methyl/N-ethyl adjacent to an activating group) is 1. The van der Waals surface area contributed by atoms with Crippen molar-refractivity contribution in [2.75, 3.05) is 23.8 Å². The number of nitrogens with zero attached hydrogens (tertiary/aromatic N) is 2. The van der Waals surface area contributed by atoms with Crippen LogP contribution in [0.15, 0.2) is 48.5 Å². The van der Waals surface area contributed by atoms with Crippen molar-refractivity contribution in [1.82, 2.24) is 4.90 Å². The van der Waals surface area contributed by atoms with Gasteiger partial charge < -0.3 is 19.9 Å². The van der Waals surface area contributed by atoms with Crippen molar-refractivity contribution in [3.8, 4) is 5.75 Å². The molecule has 0 unspecified atom stereocenters. The zero-order valence-corrected chi connectivity index (χ0v) is 17.7. The molecule has 1 N–H and O–H groups in total. The molecule has 0 bridgehead atoms. The lowest BCUT2D eigenvalue weighted by atomic mass is 10.1. The maximum absolute atomic E-state index is 13.1. The summed E-state index contributed by atoms with van der Waals surface area (Å²) in [7, 11) is 1.59. The van der Waals surface area contributed by atoms with Crippen LogP contribution in [0.25, 0.3) is 0 Å². The van der Waals surface area contributed by atoms with Crippen LogP contribution < -0.4 is 15.0 Å². The van der Waals surface area contributed by atoms with Crippen LogP contribution in [-0.4, -0.2) is 48.4 Å². The lowest BCUT2D eigenvalue weighted by molar-refractivity contribution is -0.119. The van der Waals surface area contributed by atoms with E-state index >= 15 is 0 Å². The Morgan fingerprint density at radius 1 is 1.17 bits per heavy atom. The highest BCUT2D eigenvalue weighted by atomic mass is 16.5. The Labute approximate surface area is 176 Å². The van der Waals surface area contributed by atoms with Gasteiger partial charge in [-0.25, -0.2) is 0 Å². The summed E-state index contributed by atoms with van der Waals surface area (Å²) in [6, 6.07) is 13.7. The van der Waals surface area contributed by atoms with Gasteiger partial charge in [0.05, 0.1) is 17.5 Å². The van der Waals surface area contributed by atoms with Gasteiger partial charge in [0.15, 0.2) is 0 Å². The second-order valence-corrected chi connectivity index (χ2v) is 7.73. The standard InChI is InChI=1S/C23H27N3O4/c1-15(2)30-18-11-9-17(10-12-18)23(29)25(4)14-22(28)26-16(3)13-21(27)24-19-7-5-6-8-20(19)26/h5-12,15-16H,13-14H2,1-4H3,(H,24,27)/t16-/m0/s1. The predicted octanol–water partition coefficient (Wildman–Crippen LogP) is 3.31. The molecule has 3 rings (SSSR count). The first-order valence-electron chi connectivity index (χ1n) is 9.99. The van der Waals surface area contributed by atoms with Gasteiger partial charge in [-0.3, -0.25) is 14.4 Å². The Morgan fingerprint density at radius 3 is 2.50 bits per heavy atom. The van der Waals surface area contributed by atoms with E-state index in [0.29, 0.717) is 22.7 Å². The largest absolute Gasteiger partial charge is 0.491 e. The number of anilines is 2. The zero-order chi connectivity index (χ0) is 21.8. The van der Waals surface area contributed by atoms with Gasteiger partial charge in [0.25, 0.3) is 5.91 Å². The Bertz CT molecular complexity index is 940. The summed E-state index contributed by atoms with van der Waals surface area (Å²) < 4.78 is 5.60. The molecule has 1 atom stereocenters. The summed E-state index contributed by atoms with van der Waals surface area (Å²) in [5.74, 6) is 0.0392. The fourth-order valence-corrected chi connectivity index (χ4v) is 3.49. The molecule has 0 saturated carbocycles. The smallest absolute Gasteiger partial charge is 0.254 e. The number of hydrogen-bond acceptors (Lipinski definition) is 4. The van der Waals surface area contributed by atoms with Gasteiger partial charge >= 0.3 is 0 Å². The first-order valence-corrected chi connectivity index (χ1v) is 9.99. The third-order valence-electron chi connectivity index (χ3n) is 4.82. The van der Waals surface area contributed by atoms with Crippen molar-refractivity contribution in [3.63, 3.8) is 0 Å². The molecule has 30 heavy (non-hydrogen) atoms. The molecule has 0 fully saturated rings. The Morgan fingerprint density at radius 2 is 1.83 bits per heavy atom. The summed E-state index contributed by atoms with van der Waals surface area (Å²) in [4.78, 5) is 41.0. The normalized spacial score (nSPS) is 15.8. The average molecular weight is 409 g/mol. The molecule has 3 amide bonds. The molecular formula is C23H27N3O4. The fourth-order valence-electron chi connectivity index (χ4n) is 3.49. The van der Waals surface area contributed by atoms with E-state index in [0.717, 1.165) is 0 Å². The van der Waals surface area contributed by atoms with Crippen LogP contribution in [0, 0.1) is 0 Å². The Kier molecular flexibility index (Phi) is 6.40. The minimum Gasteiger partial charge on any atom is -0.491 e. The second kappa shape index (κ2) is 8.98. The van der Waals surface area contributed by atoms with Crippen molar-refractivity contribution in [3.05, 3.63) is 54.1 Å². The molecule has 1 aliphatic heterocycles. The molecule has 7 nitrogen and oxygen atoms in total. The van der Waals surface area contributed by atoms with Crippen molar-refractivity contribution in [1.29, 1.82) is 0 Å². The summed E-state index contributed by atoms with van der Waals surface area (Å²) >= 11 is 0. The second-order valence-electron chi connectivity index (χ2n) is 7.73. The molecule has 1 aliphatic rings. The number of para-hydroxylation sites is 2. The number of carbonyl (C=O) groups excluding carboxylic acids is 3. The van der Waals surface area contributed by atoms with Crippen LogP contribution in [0.2, 0.25) is 0 Å². The molecule has 0 aliphatic carbocycles. The number of hydrogen-bond donors (Lipinski definition) is 1. The van der Waals surface area contributed by atoms with Crippen molar-refractivity contribution in [2.24, 2.45) is 0 Å². The fraction of sp³-hybridized carbons (Fsp3) is 0.348. The molecule has 0 spiro atoms. The number of carbonyl (C=O) groups is 3. The van der Waals surface area contributed by atoms with Crippen LogP contribution >= 0.6 is 0 Å². The van der Waals surface area contributed by atoms with Gasteiger partial charge in [-0.2, -0.15) is 0 Å². The number of ether oxygens (including phenoxy) is 1. The first-order chi connectivity index (χ1) is 14.3. The number of amides is 3. The van der Waals surface area contributed by atoms with E-state index in [1.165, 1.54) is 4.90 Å². The lowest BCUT2D eigenvalue weighted by Gasteiger charge is -2.29. The van der Waals surface area contributed by atoms with Crippen LogP contribution in [0.1, 0.15) is 37.6 Å². The van der Waals surface area contributed by atoms with Gasteiger partial charge in [0.2, 0.25) is 11.8 Å². The first kappa shape index (κ1) is 21.4. The Hall–Kier alpha value is -3.35. The minimum atomic E-state index is -0.322. The van der Waals surface area contributed by atoms with E-state index in [-0.39, 0.29) is 42.8 Å². The van der Waals surface area contributed by atoms with Gasteiger partial charge in [-0.05, 0) is 57.2 Å². The third kappa shape index (κ3) is 4.79. The van der Waals surface area contributed by atoms with Crippen LogP contribution in [-0.2, 0) is 9.59 Å². The molecule has 0 radical (unpaired) electrons. The molecular weight excluding hydrogens is 382 g/mol. The summed E-state index contributed by atoms with van der Waals surface area (Å²) in [5, 5.41) is 2.83. The maximum Gasteiger partial charge on any atom is 0.254 e. The van der Waals surface area contributed by atoms with Crippen LogP contribution in [0.4, 0.5) is 11.4 Å². The van der Waals surface area contributed by atoms with Gasteiger partial charge in [-0.1, -0.05) is 12.1 Å². The number of benzene rings is 2. The number of nitrogens with one attached hydrogen (secondary N) is 1. The Balaban J connectivity index is 1.74. The van der Waals surface area contributed by atoms with E-state index in [4.69, 9.17) is 4.74 Å². The number of fused-ring (bicyclic) bond motifs is 1. The highest BCUT2D eigenvalue weighted by Gasteiger charge is 2.30. The van der Waals surface area contributed by atoms with E-state index in [1.54, 1.807) is 54.4 Å². The summed E-state index contributed by atoms with van der Waals surface area (Å²) in [6.45, 7) is 5.60. The monoisotopic (exact) mass is 409 g/mol. The summed E-state index contributed by atoms with van der Waals surface area (Å²) in [6.07, 6.45) is 0.238. The van der Waals surface area contributed by atoms with E-state index in [1.807, 2.05) is 26.8 Å². The predicted molar refractivity (Wildman–Crippen MR) is 116 cm³/mol. The van der Waals surface area contributed by atoms with Crippen LogP contribution in [0.3, 0.4) is 0 Å². The van der Waals surface area contributed by atoms with Gasteiger partial charge in [-0.15, -0.1) is 0 Å². The number of rotatable bonds is 5. The van der Waals surface area contributed by atoms with E-state index < -0.39 is 0 Å². The SMILES string of the molecule is CC(C)Oc1ccc(C(=O)N(C)CC(=O)N2c3ccccc3NC(=O)C[C@@H]2C)cc1.